The molecular formula is C16H22BF2NO3. The van der Waals surface area contributed by atoms with E-state index < -0.39 is 35.7 Å². The third-order valence-corrected chi connectivity index (χ3v) is 4.34. The molecule has 0 bridgehead atoms. The van der Waals surface area contributed by atoms with Gasteiger partial charge in [-0.2, -0.15) is 0 Å². The largest absolute Gasteiger partial charge is 0.504 e. The lowest BCUT2D eigenvalue weighted by molar-refractivity contribution is 0.00578. The van der Waals surface area contributed by atoms with Crippen molar-refractivity contribution >= 4 is 13.2 Å². The van der Waals surface area contributed by atoms with E-state index >= 15 is 0 Å². The Kier molecular flexibility index (Phi) is 4.85. The molecule has 0 saturated carbocycles. The van der Waals surface area contributed by atoms with Gasteiger partial charge in [0.15, 0.2) is 11.6 Å². The number of phenols is 1. The van der Waals surface area contributed by atoms with Crippen LogP contribution in [0.25, 0.3) is 6.08 Å². The molecule has 1 saturated heterocycles. The van der Waals surface area contributed by atoms with Crippen molar-refractivity contribution in [3.05, 3.63) is 34.8 Å². The number of rotatable bonds is 4. The zero-order valence-electron chi connectivity index (χ0n) is 14.0. The van der Waals surface area contributed by atoms with Gasteiger partial charge in [-0.25, -0.2) is 8.78 Å². The van der Waals surface area contributed by atoms with E-state index in [1.807, 2.05) is 27.7 Å². The lowest BCUT2D eigenvalue weighted by Crippen LogP contribution is -2.41. The van der Waals surface area contributed by atoms with Crippen molar-refractivity contribution in [3.63, 3.8) is 0 Å². The first-order valence-corrected chi connectivity index (χ1v) is 7.46. The summed E-state index contributed by atoms with van der Waals surface area (Å²) >= 11 is 0. The second-order valence-electron chi connectivity index (χ2n) is 6.66. The number of benzene rings is 1. The Balaban J connectivity index is 2.40. The Labute approximate surface area is 135 Å². The van der Waals surface area contributed by atoms with Crippen LogP contribution in [0.15, 0.2) is 17.6 Å². The van der Waals surface area contributed by atoms with E-state index in [0.717, 1.165) is 6.07 Å². The summed E-state index contributed by atoms with van der Waals surface area (Å²) < 4.78 is 38.8. The number of hydrogen-bond acceptors (Lipinski definition) is 4. The maximum Gasteiger partial charge on any atom is 0.491 e. The minimum Gasteiger partial charge on any atom is -0.504 e. The molecule has 126 valence electrons. The van der Waals surface area contributed by atoms with Crippen LogP contribution in [0.1, 0.15) is 33.3 Å². The molecule has 1 aromatic carbocycles. The highest BCUT2D eigenvalue weighted by Crippen LogP contribution is 2.39. The predicted molar refractivity (Wildman–Crippen MR) is 86.0 cm³/mol. The van der Waals surface area contributed by atoms with Crippen LogP contribution in [-0.2, 0) is 9.31 Å². The summed E-state index contributed by atoms with van der Waals surface area (Å²) in [5.74, 6) is -2.37. The van der Waals surface area contributed by atoms with Gasteiger partial charge in [-0.15, -0.1) is 0 Å². The second-order valence-corrected chi connectivity index (χ2v) is 6.66. The molecule has 0 aliphatic carbocycles. The molecule has 1 heterocycles. The highest BCUT2D eigenvalue weighted by molar-refractivity contribution is 6.56. The van der Waals surface area contributed by atoms with Gasteiger partial charge in [0, 0.05) is 18.2 Å². The summed E-state index contributed by atoms with van der Waals surface area (Å²) in [7, 11) is 1.07. The molecule has 0 spiro atoms. The zero-order chi connectivity index (χ0) is 17.4. The minimum atomic E-state index is -1.01. The van der Waals surface area contributed by atoms with Gasteiger partial charge >= 0.3 is 7.12 Å². The van der Waals surface area contributed by atoms with E-state index in [-0.39, 0.29) is 5.56 Å². The van der Waals surface area contributed by atoms with Gasteiger partial charge in [-0.3, -0.25) is 0 Å². The van der Waals surface area contributed by atoms with E-state index in [1.165, 1.54) is 6.08 Å². The average molecular weight is 325 g/mol. The number of likely N-dealkylation sites (N-methyl/N-ethyl adjacent to an activating group) is 1. The molecule has 7 heteroatoms. The fourth-order valence-corrected chi connectivity index (χ4v) is 2.30. The molecule has 1 aromatic rings. The third kappa shape index (κ3) is 3.57. The molecule has 1 aliphatic rings. The predicted octanol–water partition coefficient (Wildman–Crippen LogP) is 2.90. The lowest BCUT2D eigenvalue weighted by Gasteiger charge is -2.32. The van der Waals surface area contributed by atoms with Crippen molar-refractivity contribution in [1.82, 2.24) is 5.32 Å². The number of aromatic hydroxyl groups is 1. The topological polar surface area (TPSA) is 50.7 Å². The lowest BCUT2D eigenvalue weighted by atomic mass is 9.77. The Bertz CT molecular complexity index is 616. The van der Waals surface area contributed by atoms with Crippen LogP contribution in [0.5, 0.6) is 5.75 Å². The Hall–Kier alpha value is -1.44. The van der Waals surface area contributed by atoms with Gasteiger partial charge in [0.2, 0.25) is 0 Å². The molecule has 1 aliphatic heterocycles. The van der Waals surface area contributed by atoms with E-state index in [2.05, 4.69) is 5.32 Å². The van der Waals surface area contributed by atoms with Gasteiger partial charge in [0.05, 0.1) is 11.2 Å². The summed E-state index contributed by atoms with van der Waals surface area (Å²) in [5.41, 5.74) is -0.381. The first kappa shape index (κ1) is 17.9. The number of nitrogens with one attached hydrogen (secondary N) is 1. The van der Waals surface area contributed by atoms with Crippen molar-refractivity contribution in [2.45, 2.75) is 38.9 Å². The summed E-state index contributed by atoms with van der Waals surface area (Å²) in [6.07, 6.45) is 1.49. The molecule has 1 fully saturated rings. The normalized spacial score (nSPS) is 20.1. The second kappa shape index (κ2) is 6.22. The van der Waals surface area contributed by atoms with Gasteiger partial charge < -0.3 is 19.7 Å². The maximum atomic E-state index is 13.5. The highest BCUT2D eigenvalue weighted by atomic mass is 19.1. The van der Waals surface area contributed by atoms with Crippen molar-refractivity contribution in [1.29, 1.82) is 0 Å². The third-order valence-electron chi connectivity index (χ3n) is 4.34. The van der Waals surface area contributed by atoms with Gasteiger partial charge in [0.25, 0.3) is 0 Å². The fraction of sp³-hybridized carbons (Fsp3) is 0.500. The van der Waals surface area contributed by atoms with Gasteiger partial charge in [-0.05, 0) is 46.3 Å². The maximum absolute atomic E-state index is 13.5. The van der Waals surface area contributed by atoms with Crippen molar-refractivity contribution in [2.75, 3.05) is 13.6 Å². The molecule has 23 heavy (non-hydrogen) atoms. The molecule has 4 nitrogen and oxygen atoms in total. The number of hydrogen-bond donors (Lipinski definition) is 2. The molecule has 0 atom stereocenters. The summed E-state index contributed by atoms with van der Waals surface area (Å²) in [4.78, 5) is 0. The molecular weight excluding hydrogens is 303 g/mol. The van der Waals surface area contributed by atoms with Crippen molar-refractivity contribution in [2.24, 2.45) is 0 Å². The molecule has 0 amide bonds. The summed E-state index contributed by atoms with van der Waals surface area (Å²) in [5, 5.41) is 12.8. The van der Waals surface area contributed by atoms with Gasteiger partial charge in [0.1, 0.15) is 5.82 Å². The molecule has 0 radical (unpaired) electrons. The van der Waals surface area contributed by atoms with Crippen LogP contribution in [0.4, 0.5) is 8.78 Å². The molecule has 2 rings (SSSR count). The molecule has 0 unspecified atom stereocenters. The highest BCUT2D eigenvalue weighted by Gasteiger charge is 2.52. The Morgan fingerprint density at radius 2 is 1.78 bits per heavy atom. The summed E-state index contributed by atoms with van der Waals surface area (Å²) in [6.45, 7) is 8.06. The van der Waals surface area contributed by atoms with Crippen molar-refractivity contribution in [3.8, 4) is 5.75 Å². The average Bonchev–Trinajstić information content (AvgIpc) is 2.63. The zero-order valence-corrected chi connectivity index (χ0v) is 14.0. The van der Waals surface area contributed by atoms with E-state index in [9.17, 15) is 13.9 Å². The standard InChI is InChI=1S/C16H22BF2NO3/c1-15(2)16(3,4)23-17(22-15)11(9-20-5)6-10-7-12(18)8-13(19)14(10)21/h6-8,20-21H,9H2,1-5H3. The Morgan fingerprint density at radius 1 is 1.22 bits per heavy atom. The van der Waals surface area contributed by atoms with E-state index in [4.69, 9.17) is 9.31 Å². The first-order chi connectivity index (χ1) is 10.6. The van der Waals surface area contributed by atoms with Crippen LogP contribution < -0.4 is 5.32 Å². The smallest absolute Gasteiger partial charge is 0.491 e. The Morgan fingerprint density at radius 3 is 2.30 bits per heavy atom. The monoisotopic (exact) mass is 325 g/mol. The molecule has 0 aromatic heterocycles. The van der Waals surface area contributed by atoms with Crippen LogP contribution in [0.3, 0.4) is 0 Å². The van der Waals surface area contributed by atoms with Crippen LogP contribution in [0, 0.1) is 11.6 Å². The molecule has 2 N–H and O–H groups in total. The first-order valence-electron chi connectivity index (χ1n) is 7.46. The SMILES string of the molecule is CNCC(=Cc1cc(F)cc(F)c1O)B1OC(C)(C)C(C)(C)O1. The minimum absolute atomic E-state index is 0.0439. The van der Waals surface area contributed by atoms with Crippen LogP contribution in [0.2, 0.25) is 0 Å². The number of halogens is 2. The van der Waals surface area contributed by atoms with Crippen LogP contribution >= 0.6 is 0 Å². The van der Waals surface area contributed by atoms with E-state index in [1.54, 1.807) is 7.05 Å². The quantitative estimate of drug-likeness (QED) is 0.836. The van der Waals surface area contributed by atoms with E-state index in [0.29, 0.717) is 18.1 Å². The summed E-state index contributed by atoms with van der Waals surface area (Å²) in [6, 6.07) is 1.71. The fourth-order valence-electron chi connectivity index (χ4n) is 2.30. The van der Waals surface area contributed by atoms with Gasteiger partial charge in [-0.1, -0.05) is 6.08 Å². The number of phenolic OH excluding ortho intramolecular Hbond substituents is 1. The van der Waals surface area contributed by atoms with Crippen molar-refractivity contribution < 1.29 is 23.2 Å². The van der Waals surface area contributed by atoms with Crippen LogP contribution in [-0.4, -0.2) is 37.0 Å².